The van der Waals surface area contributed by atoms with Crippen molar-refractivity contribution in [2.45, 2.75) is 6.92 Å². The summed E-state index contributed by atoms with van der Waals surface area (Å²) in [5, 5.41) is 18.6. The molecule has 5 rings (SSSR count). The zero-order valence-electron chi connectivity index (χ0n) is 20.1. The molecule has 7 heteroatoms. The highest BCUT2D eigenvalue weighted by molar-refractivity contribution is 5.94. The predicted molar refractivity (Wildman–Crippen MR) is 135 cm³/mol. The Balaban J connectivity index is 0.000000179. The molecule has 36 heavy (non-hydrogen) atoms. The Morgan fingerprint density at radius 2 is 1.89 bits per heavy atom. The normalized spacial score (nSPS) is 15.1. The van der Waals surface area contributed by atoms with Crippen molar-refractivity contribution in [1.29, 1.82) is 5.26 Å². The van der Waals surface area contributed by atoms with Crippen LogP contribution in [0.2, 0.25) is 0 Å². The van der Waals surface area contributed by atoms with Gasteiger partial charge in [0.2, 0.25) is 0 Å². The van der Waals surface area contributed by atoms with Crippen LogP contribution in [-0.2, 0) is 0 Å². The van der Waals surface area contributed by atoms with E-state index in [2.05, 4.69) is 4.90 Å². The number of allylic oxidation sites excluding steroid dienone is 1. The molecule has 0 radical (unpaired) electrons. The Morgan fingerprint density at radius 3 is 2.61 bits per heavy atom. The Hall–Kier alpha value is -3.89. The van der Waals surface area contributed by atoms with Gasteiger partial charge in [0.25, 0.3) is 0 Å². The van der Waals surface area contributed by atoms with E-state index in [1.54, 1.807) is 24.3 Å². The molecule has 3 aromatic rings. The summed E-state index contributed by atoms with van der Waals surface area (Å²) in [5.41, 5.74) is 3.38. The zero-order chi connectivity index (χ0) is 25.5. The highest BCUT2D eigenvalue weighted by Gasteiger charge is 2.25. The molecule has 0 spiro atoms. The molecule has 1 N–H and O–H groups in total. The molecule has 0 bridgehead atoms. The lowest BCUT2D eigenvalue weighted by Crippen LogP contribution is -2.49. The van der Waals surface area contributed by atoms with E-state index in [1.807, 2.05) is 43.3 Å². The lowest BCUT2D eigenvalue weighted by Gasteiger charge is -2.37. The van der Waals surface area contributed by atoms with Crippen molar-refractivity contribution in [2.75, 3.05) is 39.5 Å². The van der Waals surface area contributed by atoms with Gasteiger partial charge in [-0.2, -0.15) is 5.26 Å². The highest BCUT2D eigenvalue weighted by atomic mass is 19.1. The van der Waals surface area contributed by atoms with E-state index in [1.165, 1.54) is 12.1 Å². The molecule has 0 atom stereocenters. The van der Waals surface area contributed by atoms with Crippen LogP contribution >= 0.6 is 0 Å². The van der Waals surface area contributed by atoms with Crippen molar-refractivity contribution in [1.82, 2.24) is 4.90 Å². The second-order valence-corrected chi connectivity index (χ2v) is 8.85. The number of phenolic OH excluding ortho intramolecular Hbond substituents is 1. The summed E-state index contributed by atoms with van der Waals surface area (Å²) >= 11 is 0. The molecule has 3 aromatic carbocycles. The van der Waals surface area contributed by atoms with E-state index in [0.717, 1.165) is 42.1 Å². The quantitative estimate of drug-likeness (QED) is 0.481. The number of aromatic hydroxyl groups is 1. The summed E-state index contributed by atoms with van der Waals surface area (Å²) in [7, 11) is 0. The molecule has 1 fully saturated rings. The van der Waals surface area contributed by atoms with Crippen LogP contribution in [-0.4, -0.2) is 49.5 Å². The molecule has 5 nitrogen and oxygen atoms in total. The number of nitrogens with zero attached hydrogens (tertiary/aromatic N) is 2. The Labute approximate surface area is 209 Å². The van der Waals surface area contributed by atoms with Crippen molar-refractivity contribution < 1.29 is 23.4 Å². The number of nitriles is 1. The first-order chi connectivity index (χ1) is 17.5. The molecule has 2 aliphatic rings. The molecule has 1 saturated heterocycles. The molecule has 2 heterocycles. The molecule has 0 saturated carbocycles. The number of rotatable bonds is 6. The first-order valence-corrected chi connectivity index (χ1v) is 11.8. The van der Waals surface area contributed by atoms with Crippen LogP contribution in [0.4, 0.5) is 8.78 Å². The second-order valence-electron chi connectivity index (χ2n) is 8.85. The number of para-hydroxylation sites is 1. The number of alkyl halides is 1. The molecule has 186 valence electrons. The van der Waals surface area contributed by atoms with Crippen molar-refractivity contribution in [3.63, 3.8) is 0 Å². The van der Waals surface area contributed by atoms with E-state index in [9.17, 15) is 13.9 Å². The average molecular weight is 491 g/mol. The second kappa shape index (κ2) is 11.7. The number of likely N-dealkylation sites (tertiary alicyclic amines) is 1. The van der Waals surface area contributed by atoms with E-state index in [0.29, 0.717) is 24.5 Å². The van der Waals surface area contributed by atoms with Gasteiger partial charge in [-0.05, 0) is 66.6 Å². The van der Waals surface area contributed by atoms with Gasteiger partial charge in [-0.25, -0.2) is 4.39 Å². The minimum absolute atomic E-state index is 0.148. The molecular weight excluding hydrogens is 462 g/mol. The van der Waals surface area contributed by atoms with Crippen molar-refractivity contribution >= 4 is 11.1 Å². The van der Waals surface area contributed by atoms with E-state index < -0.39 is 5.82 Å². The van der Waals surface area contributed by atoms with Crippen molar-refractivity contribution in [3.8, 4) is 23.3 Å². The van der Waals surface area contributed by atoms with Crippen LogP contribution in [0.3, 0.4) is 0 Å². The fourth-order valence-electron chi connectivity index (χ4n) is 4.25. The van der Waals surface area contributed by atoms with Gasteiger partial charge in [-0.3, -0.25) is 9.29 Å². The van der Waals surface area contributed by atoms with Crippen LogP contribution in [0.5, 0.6) is 17.2 Å². The van der Waals surface area contributed by atoms with Crippen LogP contribution in [0.15, 0.2) is 66.7 Å². The topological polar surface area (TPSA) is 65.7 Å². The van der Waals surface area contributed by atoms with Crippen molar-refractivity contribution in [2.24, 2.45) is 5.92 Å². The number of fused-ring (bicyclic) bond motifs is 1. The van der Waals surface area contributed by atoms with Crippen LogP contribution in [0, 0.1) is 23.1 Å². The van der Waals surface area contributed by atoms with Gasteiger partial charge >= 0.3 is 0 Å². The Kier molecular flexibility index (Phi) is 8.19. The van der Waals surface area contributed by atoms with Crippen molar-refractivity contribution in [3.05, 3.63) is 89.2 Å². The number of phenols is 1. The van der Waals surface area contributed by atoms with Crippen LogP contribution in [0.25, 0.3) is 11.1 Å². The van der Waals surface area contributed by atoms with Gasteiger partial charge in [0, 0.05) is 36.7 Å². The number of hydrogen-bond donors (Lipinski definition) is 1. The monoisotopic (exact) mass is 490 g/mol. The minimum atomic E-state index is -0.453. The minimum Gasteiger partial charge on any atom is -0.508 e. The molecule has 0 amide bonds. The summed E-state index contributed by atoms with van der Waals surface area (Å²) in [4.78, 5) is 2.22. The standard InChI is InChI=1S/C17H12FNO2.C12H16FNO/c1-10-15-7-14(20)2-3-17(15)21-9-16(10)12-4-11(8-19)5-13(18)6-12;13-8-11-9-14(10-11)6-7-15-12-4-2-1-3-5-12/h2-7,20H,9H2,1H3;1-5,11H,6-10H2. The molecule has 0 aromatic heterocycles. The molecule has 0 unspecified atom stereocenters. The van der Waals surface area contributed by atoms with Gasteiger partial charge in [-0.15, -0.1) is 0 Å². The van der Waals surface area contributed by atoms with Gasteiger partial charge in [0.05, 0.1) is 18.3 Å². The lowest BCUT2D eigenvalue weighted by molar-refractivity contribution is 0.0668. The molecular formula is C29H28F2N2O3. The lowest BCUT2D eigenvalue weighted by atomic mass is 9.93. The zero-order valence-corrected chi connectivity index (χ0v) is 20.1. The third-order valence-electron chi connectivity index (χ3n) is 6.24. The summed E-state index contributed by atoms with van der Waals surface area (Å²) in [5.74, 6) is 1.55. The summed E-state index contributed by atoms with van der Waals surface area (Å²) in [6.45, 7) is 5.36. The maximum Gasteiger partial charge on any atom is 0.127 e. The predicted octanol–water partition coefficient (Wildman–Crippen LogP) is 5.69. The van der Waals surface area contributed by atoms with E-state index in [-0.39, 0.29) is 23.9 Å². The number of ether oxygens (including phenoxy) is 2. The van der Waals surface area contributed by atoms with Crippen LogP contribution < -0.4 is 9.47 Å². The maximum absolute atomic E-state index is 13.6. The maximum atomic E-state index is 13.6. The number of hydrogen-bond acceptors (Lipinski definition) is 5. The van der Waals surface area contributed by atoms with E-state index >= 15 is 0 Å². The van der Waals surface area contributed by atoms with Gasteiger partial charge in [-0.1, -0.05) is 18.2 Å². The van der Waals surface area contributed by atoms with Gasteiger partial charge in [0.1, 0.15) is 36.3 Å². The van der Waals surface area contributed by atoms with Gasteiger partial charge in [0.15, 0.2) is 0 Å². The smallest absolute Gasteiger partial charge is 0.127 e. The summed E-state index contributed by atoms with van der Waals surface area (Å²) in [6.07, 6.45) is 0. The van der Waals surface area contributed by atoms with Gasteiger partial charge < -0.3 is 14.6 Å². The fraction of sp³-hybridized carbons (Fsp3) is 0.276. The summed E-state index contributed by atoms with van der Waals surface area (Å²) < 4.78 is 36.9. The highest BCUT2D eigenvalue weighted by Crippen LogP contribution is 2.38. The first-order valence-electron chi connectivity index (χ1n) is 11.8. The average Bonchev–Trinajstić information content (AvgIpc) is 2.86. The fourth-order valence-corrected chi connectivity index (χ4v) is 4.25. The first kappa shape index (κ1) is 25.2. The third-order valence-corrected chi connectivity index (χ3v) is 6.24. The SMILES string of the molecule is CC1=C(c2cc(F)cc(C#N)c2)COc2ccc(O)cc21.FCC1CN(CCOc2ccccc2)C1. The third kappa shape index (κ3) is 6.21. The van der Waals surface area contributed by atoms with Crippen LogP contribution in [0.1, 0.15) is 23.6 Å². The Bertz CT molecular complexity index is 1270. The number of benzene rings is 3. The summed E-state index contributed by atoms with van der Waals surface area (Å²) in [6, 6.07) is 20.8. The Morgan fingerprint density at radius 1 is 1.11 bits per heavy atom. The largest absolute Gasteiger partial charge is 0.508 e. The van der Waals surface area contributed by atoms with E-state index in [4.69, 9.17) is 14.7 Å². The number of halogens is 2. The molecule has 2 aliphatic heterocycles. The molecule has 0 aliphatic carbocycles.